The smallest absolute Gasteiger partial charge is 0.254 e. The number of hydrogen-bond acceptors (Lipinski definition) is 3. The summed E-state index contributed by atoms with van der Waals surface area (Å²) < 4.78 is 0. The summed E-state index contributed by atoms with van der Waals surface area (Å²) in [6.45, 7) is 4.42. The van der Waals surface area contributed by atoms with E-state index < -0.39 is 5.54 Å². The molecule has 6 nitrogen and oxygen atoms in total. The van der Waals surface area contributed by atoms with E-state index in [1.54, 1.807) is 11.0 Å². The fourth-order valence-electron chi connectivity index (χ4n) is 4.36. The number of aromatic nitrogens is 2. The van der Waals surface area contributed by atoms with Gasteiger partial charge in [-0.15, -0.1) is 0 Å². The van der Waals surface area contributed by atoms with Crippen molar-refractivity contribution in [3.8, 4) is 0 Å². The highest BCUT2D eigenvalue weighted by Gasteiger charge is 2.46. The number of H-pyrrole nitrogens is 1. The molecule has 1 saturated carbocycles. The number of likely N-dealkylation sites (tertiary alicyclic amines) is 1. The molecule has 1 aliphatic heterocycles. The van der Waals surface area contributed by atoms with Crippen LogP contribution in [0.4, 0.5) is 0 Å². The van der Waals surface area contributed by atoms with Gasteiger partial charge < -0.3 is 15.2 Å². The second kappa shape index (κ2) is 6.41. The van der Waals surface area contributed by atoms with Gasteiger partial charge in [0.2, 0.25) is 5.91 Å². The third-order valence-corrected chi connectivity index (χ3v) is 5.91. The zero-order chi connectivity index (χ0) is 18.3. The Labute approximate surface area is 153 Å². The number of carbonyl (C=O) groups excluding carboxylic acids is 2. The first kappa shape index (κ1) is 17.1. The van der Waals surface area contributed by atoms with E-state index in [9.17, 15) is 9.59 Å². The molecule has 0 bridgehead atoms. The molecule has 1 aliphatic carbocycles. The van der Waals surface area contributed by atoms with Crippen molar-refractivity contribution in [3.05, 3.63) is 29.6 Å². The Hall–Kier alpha value is -2.37. The SMILES string of the molecule is Cc1nc2ccc(C(=O)N3CCC[C@@]3(C)C(=O)NC3CCCC3)cc2[nH]1. The van der Waals surface area contributed by atoms with Crippen LogP contribution < -0.4 is 5.32 Å². The molecular weight excluding hydrogens is 328 g/mol. The molecule has 1 atom stereocenters. The topological polar surface area (TPSA) is 78.1 Å². The van der Waals surface area contributed by atoms with Crippen LogP contribution in [0.1, 0.15) is 61.6 Å². The number of amides is 2. The maximum absolute atomic E-state index is 13.2. The normalized spacial score (nSPS) is 23.7. The van der Waals surface area contributed by atoms with Gasteiger partial charge in [0.15, 0.2) is 0 Å². The maximum Gasteiger partial charge on any atom is 0.254 e. The van der Waals surface area contributed by atoms with E-state index in [1.165, 1.54) is 12.8 Å². The molecular formula is C20H26N4O2. The molecule has 6 heteroatoms. The predicted molar refractivity (Wildman–Crippen MR) is 99.9 cm³/mol. The lowest BCUT2D eigenvalue weighted by molar-refractivity contribution is -0.130. The third kappa shape index (κ3) is 2.87. The molecule has 26 heavy (non-hydrogen) atoms. The van der Waals surface area contributed by atoms with E-state index in [0.717, 1.165) is 36.1 Å². The molecule has 1 saturated heterocycles. The van der Waals surface area contributed by atoms with E-state index in [4.69, 9.17) is 0 Å². The Kier molecular flexibility index (Phi) is 4.21. The molecule has 2 aliphatic rings. The van der Waals surface area contributed by atoms with Gasteiger partial charge in [-0.3, -0.25) is 9.59 Å². The quantitative estimate of drug-likeness (QED) is 0.889. The number of aromatic amines is 1. The number of hydrogen-bond donors (Lipinski definition) is 2. The summed E-state index contributed by atoms with van der Waals surface area (Å²) in [5.74, 6) is 0.737. The van der Waals surface area contributed by atoms with Crippen LogP contribution in [0.3, 0.4) is 0 Å². The van der Waals surface area contributed by atoms with Crippen molar-refractivity contribution in [2.45, 2.75) is 64.0 Å². The lowest BCUT2D eigenvalue weighted by Gasteiger charge is -2.35. The summed E-state index contributed by atoms with van der Waals surface area (Å²) in [7, 11) is 0. The second-order valence-electron chi connectivity index (χ2n) is 7.84. The molecule has 0 radical (unpaired) electrons. The summed E-state index contributed by atoms with van der Waals surface area (Å²) in [5, 5.41) is 3.18. The Morgan fingerprint density at radius 2 is 2.04 bits per heavy atom. The van der Waals surface area contributed by atoms with E-state index in [-0.39, 0.29) is 17.9 Å². The van der Waals surface area contributed by atoms with Gasteiger partial charge in [-0.1, -0.05) is 12.8 Å². The van der Waals surface area contributed by atoms with Crippen molar-refractivity contribution in [1.29, 1.82) is 0 Å². The highest BCUT2D eigenvalue weighted by atomic mass is 16.2. The van der Waals surface area contributed by atoms with Crippen molar-refractivity contribution < 1.29 is 9.59 Å². The largest absolute Gasteiger partial charge is 0.351 e. The van der Waals surface area contributed by atoms with Crippen LogP contribution in [0.5, 0.6) is 0 Å². The van der Waals surface area contributed by atoms with Crippen LogP contribution in [0.15, 0.2) is 18.2 Å². The predicted octanol–water partition coefficient (Wildman–Crippen LogP) is 2.92. The van der Waals surface area contributed by atoms with Gasteiger partial charge in [0.05, 0.1) is 11.0 Å². The summed E-state index contributed by atoms with van der Waals surface area (Å²) in [6.07, 6.45) is 6.01. The first-order valence-electron chi connectivity index (χ1n) is 9.57. The lowest BCUT2D eigenvalue weighted by Crippen LogP contribution is -2.56. The number of benzene rings is 1. The average molecular weight is 354 g/mol. The van der Waals surface area contributed by atoms with Crippen LogP contribution in [0, 0.1) is 6.92 Å². The Morgan fingerprint density at radius 1 is 1.27 bits per heavy atom. The van der Waals surface area contributed by atoms with Crippen molar-refractivity contribution in [2.24, 2.45) is 0 Å². The van der Waals surface area contributed by atoms with Crippen LogP contribution in [0.2, 0.25) is 0 Å². The van der Waals surface area contributed by atoms with Gasteiger partial charge in [-0.2, -0.15) is 0 Å². The van der Waals surface area contributed by atoms with Gasteiger partial charge in [0.1, 0.15) is 11.4 Å². The van der Waals surface area contributed by atoms with Gasteiger partial charge in [0.25, 0.3) is 5.91 Å². The molecule has 2 N–H and O–H groups in total. The number of imidazole rings is 1. The standard InChI is InChI=1S/C20H26N4O2/c1-13-21-16-9-8-14(12-17(16)22-13)18(25)24-11-5-10-20(24,2)19(26)23-15-6-3-4-7-15/h8-9,12,15H,3-7,10-11H2,1-2H3,(H,21,22)(H,23,26)/t20-/m0/s1. The summed E-state index contributed by atoms with van der Waals surface area (Å²) >= 11 is 0. The van der Waals surface area contributed by atoms with E-state index in [0.29, 0.717) is 18.5 Å². The Morgan fingerprint density at radius 3 is 2.81 bits per heavy atom. The first-order chi connectivity index (χ1) is 12.5. The minimum atomic E-state index is -0.765. The average Bonchev–Trinajstić information content (AvgIpc) is 3.33. The third-order valence-electron chi connectivity index (χ3n) is 5.91. The fraction of sp³-hybridized carbons (Fsp3) is 0.550. The van der Waals surface area contributed by atoms with E-state index >= 15 is 0 Å². The van der Waals surface area contributed by atoms with Gasteiger partial charge in [-0.05, 0) is 57.7 Å². The number of fused-ring (bicyclic) bond motifs is 1. The van der Waals surface area contributed by atoms with Gasteiger partial charge in [0, 0.05) is 18.2 Å². The van der Waals surface area contributed by atoms with E-state index in [2.05, 4.69) is 15.3 Å². The molecule has 4 rings (SSSR count). The molecule has 138 valence electrons. The Bertz CT molecular complexity index is 853. The van der Waals surface area contributed by atoms with Crippen molar-refractivity contribution in [3.63, 3.8) is 0 Å². The minimum Gasteiger partial charge on any atom is -0.351 e. The zero-order valence-corrected chi connectivity index (χ0v) is 15.5. The molecule has 1 aromatic carbocycles. The minimum absolute atomic E-state index is 0.00582. The first-order valence-corrected chi connectivity index (χ1v) is 9.57. The van der Waals surface area contributed by atoms with Crippen LogP contribution >= 0.6 is 0 Å². The molecule has 2 heterocycles. The molecule has 2 fully saturated rings. The molecule has 0 spiro atoms. The second-order valence-corrected chi connectivity index (χ2v) is 7.84. The number of nitrogens with zero attached hydrogens (tertiary/aromatic N) is 2. The van der Waals surface area contributed by atoms with Gasteiger partial charge >= 0.3 is 0 Å². The zero-order valence-electron chi connectivity index (χ0n) is 15.5. The fourth-order valence-corrected chi connectivity index (χ4v) is 4.36. The molecule has 1 aromatic heterocycles. The number of rotatable bonds is 3. The van der Waals surface area contributed by atoms with Crippen LogP contribution in [-0.2, 0) is 4.79 Å². The number of aryl methyl sites for hydroxylation is 1. The number of nitrogens with one attached hydrogen (secondary N) is 2. The summed E-state index contributed by atoms with van der Waals surface area (Å²) in [5.41, 5.74) is 1.54. The highest BCUT2D eigenvalue weighted by Crippen LogP contribution is 2.32. The highest BCUT2D eigenvalue weighted by molar-refractivity contribution is 6.01. The van der Waals surface area contributed by atoms with Crippen molar-refractivity contribution >= 4 is 22.8 Å². The summed E-state index contributed by atoms with van der Waals surface area (Å²) in [6, 6.07) is 5.77. The molecule has 2 amide bonds. The van der Waals surface area contributed by atoms with Gasteiger partial charge in [-0.25, -0.2) is 4.98 Å². The van der Waals surface area contributed by atoms with Crippen LogP contribution in [-0.4, -0.2) is 44.8 Å². The lowest BCUT2D eigenvalue weighted by atomic mass is 9.96. The Balaban J connectivity index is 1.57. The van der Waals surface area contributed by atoms with Crippen molar-refractivity contribution in [1.82, 2.24) is 20.2 Å². The summed E-state index contributed by atoms with van der Waals surface area (Å²) in [4.78, 5) is 35.4. The molecule has 2 aromatic rings. The number of carbonyl (C=O) groups is 2. The van der Waals surface area contributed by atoms with Crippen LogP contribution in [0.25, 0.3) is 11.0 Å². The molecule has 0 unspecified atom stereocenters. The monoisotopic (exact) mass is 354 g/mol. The maximum atomic E-state index is 13.2. The van der Waals surface area contributed by atoms with E-state index in [1.807, 2.05) is 26.0 Å². The van der Waals surface area contributed by atoms with Crippen molar-refractivity contribution in [2.75, 3.05) is 6.54 Å².